The fraction of sp³-hybridized carbons (Fsp3) is 0.158. The molecule has 7 heteroatoms. The topological polar surface area (TPSA) is 60.5 Å². The Labute approximate surface area is 159 Å². The molecule has 0 spiro atoms. The molecule has 1 aromatic heterocycles. The van der Waals surface area contributed by atoms with Crippen LogP contribution in [0, 0.1) is 0 Å². The van der Waals surface area contributed by atoms with E-state index in [1.807, 2.05) is 48.5 Å². The molecule has 1 N–H and O–H groups in total. The number of nitrogens with zero attached hydrogens (tertiary/aromatic N) is 1. The fourth-order valence-corrected chi connectivity index (χ4v) is 4.48. The highest BCUT2D eigenvalue weighted by Gasteiger charge is 2.23. The van der Waals surface area contributed by atoms with E-state index in [9.17, 15) is 4.79 Å². The number of ether oxygens (including phenoxy) is 2. The lowest BCUT2D eigenvalue weighted by Crippen LogP contribution is -2.21. The zero-order chi connectivity index (χ0) is 17.9. The van der Waals surface area contributed by atoms with Gasteiger partial charge in [0.15, 0.2) is 10.9 Å². The molecule has 1 aliphatic heterocycles. The van der Waals surface area contributed by atoms with Crippen LogP contribution < -0.4 is 10.1 Å². The number of carbonyl (C=O) groups excluding carboxylic acids is 1. The van der Waals surface area contributed by atoms with E-state index >= 15 is 0 Å². The van der Waals surface area contributed by atoms with Crippen molar-refractivity contribution < 1.29 is 14.3 Å². The monoisotopic (exact) mass is 384 g/mol. The molecule has 0 saturated heterocycles. The Morgan fingerprint density at radius 2 is 2.08 bits per heavy atom. The maximum absolute atomic E-state index is 12.8. The molecule has 3 aromatic rings. The molecular formula is C19H16N2O3S2. The van der Waals surface area contributed by atoms with Gasteiger partial charge >= 0.3 is 0 Å². The van der Waals surface area contributed by atoms with Crippen LogP contribution in [0.25, 0.3) is 15.1 Å². The molecule has 0 radical (unpaired) electrons. The molecule has 0 unspecified atom stereocenters. The highest BCUT2D eigenvalue weighted by molar-refractivity contribution is 8.08. The minimum Gasteiger partial charge on any atom is -0.497 e. The third kappa shape index (κ3) is 3.40. The van der Waals surface area contributed by atoms with Crippen LogP contribution in [0.1, 0.15) is 5.56 Å². The number of methoxy groups -OCH3 is 1. The predicted molar refractivity (Wildman–Crippen MR) is 107 cm³/mol. The number of fused-ring (bicyclic) bond motifs is 1. The van der Waals surface area contributed by atoms with Crippen molar-refractivity contribution >= 4 is 49.3 Å². The third-order valence-corrected chi connectivity index (χ3v) is 5.85. The van der Waals surface area contributed by atoms with Gasteiger partial charge in [-0.2, -0.15) is 0 Å². The molecule has 0 fully saturated rings. The van der Waals surface area contributed by atoms with Crippen molar-refractivity contribution in [1.29, 1.82) is 0 Å². The molecule has 0 aliphatic carbocycles. The maximum atomic E-state index is 12.8. The Morgan fingerprint density at radius 3 is 2.88 bits per heavy atom. The lowest BCUT2D eigenvalue weighted by molar-refractivity contribution is -0.115. The standard InChI is InChI=1S/C19H16N2O3S2/c1-23-13-7-8-14-15(11-13)26-19(20-14)21-18(22)16-17(25-10-9-24-16)12-5-3-2-4-6-12/h2-8,11H,9-10H2,1H3,(H,20,21,22). The van der Waals surface area contributed by atoms with Crippen molar-refractivity contribution in [3.63, 3.8) is 0 Å². The van der Waals surface area contributed by atoms with Gasteiger partial charge in [-0.3, -0.25) is 10.1 Å². The maximum Gasteiger partial charge on any atom is 0.293 e. The number of nitrogens with one attached hydrogen (secondary N) is 1. The molecule has 2 aromatic carbocycles. The molecule has 132 valence electrons. The summed E-state index contributed by atoms with van der Waals surface area (Å²) in [5, 5.41) is 3.41. The molecule has 0 saturated carbocycles. The van der Waals surface area contributed by atoms with E-state index < -0.39 is 0 Å². The van der Waals surface area contributed by atoms with E-state index in [-0.39, 0.29) is 5.91 Å². The minimum atomic E-state index is -0.276. The summed E-state index contributed by atoms with van der Waals surface area (Å²) in [7, 11) is 1.63. The van der Waals surface area contributed by atoms with Crippen LogP contribution in [0.4, 0.5) is 5.13 Å². The second-order valence-electron chi connectivity index (χ2n) is 5.53. The van der Waals surface area contributed by atoms with Crippen molar-refractivity contribution in [2.24, 2.45) is 0 Å². The van der Waals surface area contributed by atoms with Crippen LogP contribution >= 0.6 is 23.1 Å². The van der Waals surface area contributed by atoms with E-state index in [1.165, 1.54) is 11.3 Å². The van der Waals surface area contributed by atoms with Crippen molar-refractivity contribution in [2.75, 3.05) is 24.8 Å². The second kappa shape index (κ2) is 7.39. The van der Waals surface area contributed by atoms with Crippen molar-refractivity contribution in [3.05, 3.63) is 59.9 Å². The number of hydrogen-bond donors (Lipinski definition) is 1. The Balaban J connectivity index is 1.63. The van der Waals surface area contributed by atoms with Gasteiger partial charge in [0.1, 0.15) is 5.75 Å². The number of benzene rings is 2. The first kappa shape index (κ1) is 16.9. The van der Waals surface area contributed by atoms with E-state index in [4.69, 9.17) is 9.47 Å². The zero-order valence-electron chi connectivity index (χ0n) is 14.0. The Kier molecular flexibility index (Phi) is 4.81. The Bertz CT molecular complexity index is 983. The molecule has 0 atom stereocenters. The van der Waals surface area contributed by atoms with E-state index in [0.29, 0.717) is 17.5 Å². The van der Waals surface area contributed by atoms with Gasteiger partial charge in [0.25, 0.3) is 5.91 Å². The van der Waals surface area contributed by atoms with Crippen molar-refractivity contribution in [3.8, 4) is 5.75 Å². The van der Waals surface area contributed by atoms with Crippen LogP contribution in [-0.2, 0) is 9.53 Å². The van der Waals surface area contributed by atoms with Gasteiger partial charge in [0, 0.05) is 5.75 Å². The molecular weight excluding hydrogens is 368 g/mol. The molecule has 2 heterocycles. The number of thioether (sulfide) groups is 1. The van der Waals surface area contributed by atoms with Crippen LogP contribution in [0.5, 0.6) is 5.75 Å². The largest absolute Gasteiger partial charge is 0.497 e. The summed E-state index contributed by atoms with van der Waals surface area (Å²) >= 11 is 3.04. The average molecular weight is 384 g/mol. The summed E-state index contributed by atoms with van der Waals surface area (Å²) in [6, 6.07) is 15.5. The van der Waals surface area contributed by atoms with Gasteiger partial charge < -0.3 is 9.47 Å². The predicted octanol–water partition coefficient (Wildman–Crippen LogP) is 4.38. The highest BCUT2D eigenvalue weighted by atomic mass is 32.2. The summed E-state index contributed by atoms with van der Waals surface area (Å²) in [6.07, 6.45) is 0. The minimum absolute atomic E-state index is 0.276. The van der Waals surface area contributed by atoms with E-state index in [0.717, 1.165) is 32.2 Å². The van der Waals surface area contributed by atoms with Gasteiger partial charge in [-0.25, -0.2) is 4.98 Å². The summed E-state index contributed by atoms with van der Waals surface area (Å²) < 4.78 is 11.9. The third-order valence-electron chi connectivity index (χ3n) is 3.84. The van der Waals surface area contributed by atoms with Gasteiger partial charge in [0.05, 0.1) is 28.8 Å². The van der Waals surface area contributed by atoms with Crippen LogP contribution in [0.15, 0.2) is 54.3 Å². The number of amides is 1. The number of carbonyl (C=O) groups is 1. The number of thiazole rings is 1. The van der Waals surface area contributed by atoms with Gasteiger partial charge in [-0.1, -0.05) is 41.7 Å². The van der Waals surface area contributed by atoms with Gasteiger partial charge in [-0.05, 0) is 23.8 Å². The number of anilines is 1. The first-order valence-electron chi connectivity index (χ1n) is 8.06. The quantitative estimate of drug-likeness (QED) is 0.723. The first-order valence-corrected chi connectivity index (χ1v) is 9.86. The first-order chi connectivity index (χ1) is 12.7. The lowest BCUT2D eigenvalue weighted by atomic mass is 10.2. The molecule has 1 amide bonds. The van der Waals surface area contributed by atoms with E-state index in [2.05, 4.69) is 10.3 Å². The molecule has 0 bridgehead atoms. The van der Waals surface area contributed by atoms with Crippen LogP contribution in [-0.4, -0.2) is 30.4 Å². The molecule has 26 heavy (non-hydrogen) atoms. The summed E-state index contributed by atoms with van der Waals surface area (Å²) in [5.74, 6) is 1.66. The Hall–Kier alpha value is -2.51. The van der Waals surface area contributed by atoms with Gasteiger partial charge in [0.2, 0.25) is 0 Å². The fourth-order valence-electron chi connectivity index (χ4n) is 2.63. The smallest absolute Gasteiger partial charge is 0.293 e. The number of hydrogen-bond acceptors (Lipinski definition) is 6. The zero-order valence-corrected chi connectivity index (χ0v) is 15.7. The molecule has 1 aliphatic rings. The number of rotatable bonds is 4. The Morgan fingerprint density at radius 1 is 1.23 bits per heavy atom. The van der Waals surface area contributed by atoms with Gasteiger partial charge in [-0.15, -0.1) is 11.8 Å². The van der Waals surface area contributed by atoms with Crippen molar-refractivity contribution in [1.82, 2.24) is 4.98 Å². The highest BCUT2D eigenvalue weighted by Crippen LogP contribution is 2.35. The van der Waals surface area contributed by atoms with Crippen LogP contribution in [0.2, 0.25) is 0 Å². The molecule has 4 rings (SSSR count). The van der Waals surface area contributed by atoms with Crippen molar-refractivity contribution in [2.45, 2.75) is 0 Å². The summed E-state index contributed by atoms with van der Waals surface area (Å²) in [5.41, 5.74) is 1.80. The normalized spacial score (nSPS) is 14.2. The summed E-state index contributed by atoms with van der Waals surface area (Å²) in [6.45, 7) is 0.515. The lowest BCUT2D eigenvalue weighted by Gasteiger charge is -2.20. The average Bonchev–Trinajstić information content (AvgIpc) is 3.09. The van der Waals surface area contributed by atoms with E-state index in [1.54, 1.807) is 18.9 Å². The number of aromatic nitrogens is 1. The molecule has 5 nitrogen and oxygen atoms in total. The van der Waals surface area contributed by atoms with Crippen LogP contribution in [0.3, 0.4) is 0 Å². The second-order valence-corrected chi connectivity index (χ2v) is 7.66. The summed E-state index contributed by atoms with van der Waals surface area (Å²) in [4.78, 5) is 18.1. The SMILES string of the molecule is COc1ccc2nc(NC(=O)C3=C(c4ccccc4)SCCO3)sc2c1.